The number of likely N-dealkylation sites (tertiary alicyclic amines) is 1. The Hall–Kier alpha value is -3.34. The Morgan fingerprint density at radius 3 is 2.32 bits per heavy atom. The van der Waals surface area contributed by atoms with Gasteiger partial charge in [-0.25, -0.2) is 9.59 Å². The highest BCUT2D eigenvalue weighted by molar-refractivity contribution is 6.00. The standard InChI is InChI=1S/C30H44N6O5/c1-30(2,3)41-29(40)35-14-10-20(11-15-35)19-32(4)21-12-16-34(17-13-21)22-6-7-23-25(18-22)33(5)28(39)36(23)24-8-9-26(37)31-27(24)38/h6-7,18,20-21,24H,8-17,19H2,1-5H3,(H,31,37,38). The maximum Gasteiger partial charge on any atom is 0.410 e. The number of carbonyl (C=O) groups is 3. The molecule has 3 saturated heterocycles. The normalized spacial score (nSPS) is 21.6. The molecule has 4 heterocycles. The number of rotatable bonds is 5. The fraction of sp³-hybridized carbons (Fsp3) is 0.667. The van der Waals surface area contributed by atoms with Crippen molar-refractivity contribution in [2.75, 3.05) is 44.7 Å². The van der Waals surface area contributed by atoms with Crippen LogP contribution in [-0.4, -0.2) is 88.3 Å². The first-order valence-corrected chi connectivity index (χ1v) is 14.9. The van der Waals surface area contributed by atoms with Gasteiger partial charge >= 0.3 is 11.8 Å². The predicted molar refractivity (Wildman–Crippen MR) is 157 cm³/mol. The number of fused-ring (bicyclic) bond motifs is 1. The molecule has 0 bridgehead atoms. The molecule has 1 unspecified atom stereocenters. The monoisotopic (exact) mass is 568 g/mol. The highest BCUT2D eigenvalue weighted by Crippen LogP contribution is 2.29. The van der Waals surface area contributed by atoms with Gasteiger partial charge < -0.3 is 19.4 Å². The molecule has 1 N–H and O–H groups in total. The molecule has 5 rings (SSSR count). The van der Waals surface area contributed by atoms with Gasteiger partial charge in [-0.15, -0.1) is 0 Å². The average Bonchev–Trinajstić information content (AvgIpc) is 3.17. The number of imidazole rings is 1. The number of aromatic nitrogens is 2. The van der Waals surface area contributed by atoms with Gasteiger partial charge in [-0.1, -0.05) is 0 Å². The lowest BCUT2D eigenvalue weighted by Gasteiger charge is -2.40. The average molecular weight is 569 g/mol. The summed E-state index contributed by atoms with van der Waals surface area (Å²) in [4.78, 5) is 56.3. The van der Waals surface area contributed by atoms with Gasteiger partial charge in [0.2, 0.25) is 11.8 Å². The topological polar surface area (TPSA) is 109 Å². The van der Waals surface area contributed by atoms with Gasteiger partial charge in [0.05, 0.1) is 11.0 Å². The Kier molecular flexibility index (Phi) is 8.18. The number of hydrogen-bond acceptors (Lipinski definition) is 7. The van der Waals surface area contributed by atoms with Crippen LogP contribution in [0.15, 0.2) is 23.0 Å². The van der Waals surface area contributed by atoms with Crippen LogP contribution in [0.2, 0.25) is 0 Å². The summed E-state index contributed by atoms with van der Waals surface area (Å²) in [7, 11) is 3.95. The molecule has 0 aliphatic carbocycles. The highest BCUT2D eigenvalue weighted by Gasteiger charge is 2.32. The van der Waals surface area contributed by atoms with Crippen molar-refractivity contribution < 1.29 is 19.1 Å². The van der Waals surface area contributed by atoms with Crippen LogP contribution >= 0.6 is 0 Å². The van der Waals surface area contributed by atoms with E-state index >= 15 is 0 Å². The van der Waals surface area contributed by atoms with E-state index in [0.717, 1.165) is 69.6 Å². The van der Waals surface area contributed by atoms with Crippen LogP contribution in [0.25, 0.3) is 11.0 Å². The largest absolute Gasteiger partial charge is 0.444 e. The summed E-state index contributed by atoms with van der Waals surface area (Å²) in [5.74, 6) is -0.132. The van der Waals surface area contributed by atoms with Gasteiger partial charge in [0.15, 0.2) is 0 Å². The van der Waals surface area contributed by atoms with Crippen molar-refractivity contribution in [1.29, 1.82) is 0 Å². The zero-order valence-corrected chi connectivity index (χ0v) is 25.0. The maximum atomic E-state index is 13.1. The molecule has 3 aliphatic heterocycles. The van der Waals surface area contributed by atoms with Gasteiger partial charge in [0.25, 0.3) is 0 Å². The summed E-state index contributed by atoms with van der Waals surface area (Å²) < 4.78 is 8.66. The summed E-state index contributed by atoms with van der Waals surface area (Å²) in [5, 5.41) is 2.36. The van der Waals surface area contributed by atoms with Crippen LogP contribution in [0.1, 0.15) is 65.3 Å². The predicted octanol–water partition coefficient (Wildman–Crippen LogP) is 2.87. The van der Waals surface area contributed by atoms with Crippen molar-refractivity contribution in [3.8, 4) is 0 Å². The fourth-order valence-electron chi connectivity index (χ4n) is 6.52. The number of piperidine rings is 3. The maximum absolute atomic E-state index is 13.1. The van der Waals surface area contributed by atoms with Crippen LogP contribution in [0.3, 0.4) is 0 Å². The van der Waals surface area contributed by atoms with Crippen molar-refractivity contribution in [2.45, 2.75) is 77.0 Å². The van der Waals surface area contributed by atoms with E-state index < -0.39 is 17.6 Å². The molecule has 1 aromatic carbocycles. The zero-order chi connectivity index (χ0) is 29.5. The van der Waals surface area contributed by atoms with Crippen LogP contribution < -0.4 is 15.9 Å². The molecule has 0 spiro atoms. The summed E-state index contributed by atoms with van der Waals surface area (Å²) in [6, 6.07) is 5.84. The van der Waals surface area contributed by atoms with Gasteiger partial charge in [-0.05, 0) is 84.0 Å². The number of amides is 3. The minimum atomic E-state index is -0.675. The number of nitrogens with zero attached hydrogens (tertiary/aromatic N) is 5. The first kappa shape index (κ1) is 29.2. The third-order valence-corrected chi connectivity index (χ3v) is 8.86. The van der Waals surface area contributed by atoms with E-state index in [4.69, 9.17) is 4.74 Å². The molecule has 11 nitrogen and oxygen atoms in total. The second-order valence-electron chi connectivity index (χ2n) is 12.9. The lowest BCUT2D eigenvalue weighted by Crippen LogP contribution is -2.47. The first-order chi connectivity index (χ1) is 19.4. The van der Waals surface area contributed by atoms with Crippen molar-refractivity contribution in [3.05, 3.63) is 28.7 Å². The van der Waals surface area contributed by atoms with Gasteiger partial charge in [-0.2, -0.15) is 0 Å². The number of carbonyl (C=O) groups excluding carboxylic acids is 3. The number of aryl methyl sites for hydroxylation is 1. The van der Waals surface area contributed by atoms with E-state index in [2.05, 4.69) is 22.2 Å². The second kappa shape index (κ2) is 11.5. The van der Waals surface area contributed by atoms with E-state index in [1.165, 1.54) is 4.57 Å². The fourth-order valence-corrected chi connectivity index (χ4v) is 6.52. The summed E-state index contributed by atoms with van der Waals surface area (Å²) >= 11 is 0. The van der Waals surface area contributed by atoms with E-state index in [1.54, 1.807) is 11.6 Å². The Labute approximate surface area is 241 Å². The third kappa shape index (κ3) is 6.29. The molecule has 0 saturated carbocycles. The number of hydrogen-bond donors (Lipinski definition) is 1. The molecule has 3 amide bonds. The Morgan fingerprint density at radius 1 is 1.00 bits per heavy atom. The SMILES string of the molecule is CN(CC1CCN(C(=O)OC(C)(C)C)CC1)C1CCN(c2ccc3c(c2)n(C)c(=O)n3C2CCC(=O)NC2=O)CC1. The van der Waals surface area contributed by atoms with Crippen molar-refractivity contribution >= 4 is 34.6 Å². The molecule has 1 aromatic heterocycles. The van der Waals surface area contributed by atoms with Crippen LogP contribution in [0.4, 0.5) is 10.5 Å². The third-order valence-electron chi connectivity index (χ3n) is 8.86. The molecule has 1 atom stereocenters. The second-order valence-corrected chi connectivity index (χ2v) is 12.9. The van der Waals surface area contributed by atoms with Crippen molar-refractivity contribution in [3.63, 3.8) is 0 Å². The van der Waals surface area contributed by atoms with E-state index in [1.807, 2.05) is 43.9 Å². The quantitative estimate of drug-likeness (QED) is 0.553. The zero-order valence-electron chi connectivity index (χ0n) is 25.0. The molecule has 2 aromatic rings. The molecule has 224 valence electrons. The summed E-state index contributed by atoms with van der Waals surface area (Å²) in [5.41, 5.74) is 1.86. The molecular weight excluding hydrogens is 524 g/mol. The lowest BCUT2D eigenvalue weighted by atomic mass is 9.94. The first-order valence-electron chi connectivity index (χ1n) is 14.9. The number of nitrogens with one attached hydrogen (secondary N) is 1. The molecule has 11 heteroatoms. The van der Waals surface area contributed by atoms with Crippen molar-refractivity contribution in [1.82, 2.24) is 24.3 Å². The van der Waals surface area contributed by atoms with Gasteiger partial charge in [0, 0.05) is 57.9 Å². The highest BCUT2D eigenvalue weighted by atomic mass is 16.6. The number of benzene rings is 1. The van der Waals surface area contributed by atoms with E-state index in [9.17, 15) is 19.2 Å². The Balaban J connectivity index is 1.16. The summed E-state index contributed by atoms with van der Waals surface area (Å²) in [6.45, 7) is 10.1. The lowest BCUT2D eigenvalue weighted by molar-refractivity contribution is -0.135. The molecule has 3 aliphatic rings. The van der Waals surface area contributed by atoms with Crippen LogP contribution in [0.5, 0.6) is 0 Å². The molecular formula is C30H44N6O5. The van der Waals surface area contributed by atoms with Gasteiger partial charge in [0.1, 0.15) is 11.6 Å². The molecule has 41 heavy (non-hydrogen) atoms. The van der Waals surface area contributed by atoms with Crippen LogP contribution in [-0.2, 0) is 21.4 Å². The van der Waals surface area contributed by atoms with Gasteiger partial charge in [-0.3, -0.25) is 24.0 Å². The number of anilines is 1. The van der Waals surface area contributed by atoms with E-state index in [0.29, 0.717) is 23.9 Å². The molecule has 0 radical (unpaired) electrons. The number of imide groups is 1. The number of ether oxygens (including phenoxy) is 1. The minimum Gasteiger partial charge on any atom is -0.444 e. The Morgan fingerprint density at radius 2 is 1.68 bits per heavy atom. The smallest absolute Gasteiger partial charge is 0.410 e. The molecule has 3 fully saturated rings. The van der Waals surface area contributed by atoms with E-state index in [-0.39, 0.29) is 24.1 Å². The van der Waals surface area contributed by atoms with Crippen LogP contribution in [0, 0.1) is 5.92 Å². The minimum absolute atomic E-state index is 0.206. The van der Waals surface area contributed by atoms with Crippen molar-refractivity contribution in [2.24, 2.45) is 13.0 Å². The summed E-state index contributed by atoms with van der Waals surface area (Å²) in [6.07, 6.45) is 4.46. The Bertz CT molecular complexity index is 1360.